The fourth-order valence-electron chi connectivity index (χ4n) is 3.16. The zero-order chi connectivity index (χ0) is 13.7. The Bertz CT molecular complexity index is 138. The van der Waals surface area contributed by atoms with Gasteiger partial charge in [-0.3, -0.25) is 0 Å². The Hall–Kier alpha value is 0.799. The average molecular weight is 361 g/mol. The van der Waals surface area contributed by atoms with E-state index in [4.69, 9.17) is 0 Å². The molecule has 0 atom stereocenters. The molecule has 0 aliphatic heterocycles. The van der Waals surface area contributed by atoms with Crippen LogP contribution in [0.25, 0.3) is 0 Å². The second-order valence-electron chi connectivity index (χ2n) is 6.22. The second kappa shape index (κ2) is 12.8. The van der Waals surface area contributed by atoms with E-state index in [0.29, 0.717) is 0 Å². The van der Waals surface area contributed by atoms with Crippen LogP contribution in [0.1, 0.15) is 85.5 Å². The predicted octanol–water partition coefficient (Wildman–Crippen LogP) is 7.03. The van der Waals surface area contributed by atoms with Gasteiger partial charge in [-0.25, -0.2) is 0 Å². The van der Waals surface area contributed by atoms with Gasteiger partial charge in [-0.15, -0.1) is 0 Å². The van der Waals surface area contributed by atoms with E-state index < -0.39 is 18.4 Å². The molecule has 0 nitrogen and oxygen atoms in total. The summed E-state index contributed by atoms with van der Waals surface area (Å²) >= 11 is -1.69. The number of rotatable bonds is 13. The summed E-state index contributed by atoms with van der Waals surface area (Å²) in [5, 5.41) is 0. The molecule has 0 aromatic carbocycles. The van der Waals surface area contributed by atoms with E-state index in [-0.39, 0.29) is 0 Å². The molecule has 0 aromatic rings. The quantitative estimate of drug-likeness (QED) is 0.244. The van der Waals surface area contributed by atoms with Crippen molar-refractivity contribution in [3.05, 3.63) is 0 Å². The van der Waals surface area contributed by atoms with Gasteiger partial charge < -0.3 is 0 Å². The van der Waals surface area contributed by atoms with Crippen LogP contribution in [0.4, 0.5) is 0 Å². The van der Waals surface area contributed by atoms with E-state index in [2.05, 4.69) is 27.7 Å². The molecule has 0 unspecified atom stereocenters. The molecule has 0 amide bonds. The summed E-state index contributed by atoms with van der Waals surface area (Å²) < 4.78 is 6.72. The molecule has 1 heteroatoms. The molecule has 0 radical (unpaired) electrons. The Balaban J connectivity index is 4.20. The number of hydrogen-bond donors (Lipinski definition) is 0. The van der Waals surface area contributed by atoms with Gasteiger partial charge in [0.1, 0.15) is 0 Å². The van der Waals surface area contributed by atoms with Crippen molar-refractivity contribution in [2.24, 2.45) is 0 Å². The van der Waals surface area contributed by atoms with Gasteiger partial charge in [0.25, 0.3) is 0 Å². The van der Waals surface area contributed by atoms with Crippen molar-refractivity contribution in [3.63, 3.8) is 0 Å². The zero-order valence-electron chi connectivity index (χ0n) is 13.7. The Morgan fingerprint density at radius 3 is 1.06 bits per heavy atom. The summed E-state index contributed by atoms with van der Waals surface area (Å²) in [6.45, 7) is 9.56. The number of hydrogen-bond acceptors (Lipinski definition) is 0. The van der Waals surface area contributed by atoms with Crippen molar-refractivity contribution in [2.45, 2.75) is 103 Å². The van der Waals surface area contributed by atoms with Crippen LogP contribution in [0.15, 0.2) is 0 Å². The topological polar surface area (TPSA) is 0 Å². The molecular weight excluding hydrogens is 323 g/mol. The summed E-state index contributed by atoms with van der Waals surface area (Å²) in [6.07, 6.45) is 13.3. The third kappa shape index (κ3) is 8.82. The van der Waals surface area contributed by atoms with Gasteiger partial charge in [0.05, 0.1) is 0 Å². The van der Waals surface area contributed by atoms with Crippen LogP contribution in [0, 0.1) is 0 Å². The minimum absolute atomic E-state index is 1.40. The van der Waals surface area contributed by atoms with Gasteiger partial charge in [-0.05, 0) is 0 Å². The van der Waals surface area contributed by atoms with Crippen molar-refractivity contribution in [1.29, 1.82) is 0 Å². The molecule has 0 aromatic heterocycles. The van der Waals surface area contributed by atoms with Crippen molar-refractivity contribution in [2.75, 3.05) is 0 Å². The van der Waals surface area contributed by atoms with E-state index >= 15 is 0 Å². The van der Waals surface area contributed by atoms with E-state index in [1.165, 1.54) is 38.5 Å². The molecule has 0 heterocycles. The van der Waals surface area contributed by atoms with Gasteiger partial charge in [0.15, 0.2) is 0 Å². The molecule has 0 aliphatic rings. The summed E-state index contributed by atoms with van der Waals surface area (Å²) in [5.74, 6) is 0. The van der Waals surface area contributed by atoms with Crippen LogP contribution in [0.5, 0.6) is 0 Å². The summed E-state index contributed by atoms with van der Waals surface area (Å²) in [6, 6.07) is 0. The van der Waals surface area contributed by atoms with Crippen LogP contribution in [-0.2, 0) is 0 Å². The van der Waals surface area contributed by atoms with Crippen molar-refractivity contribution < 1.29 is 0 Å². The van der Waals surface area contributed by atoms with E-state index in [1.807, 2.05) is 0 Å². The molecule has 0 saturated heterocycles. The summed E-state index contributed by atoms with van der Waals surface area (Å²) in [4.78, 5) is 0. The third-order valence-electron chi connectivity index (χ3n) is 4.68. The second-order valence-corrected chi connectivity index (χ2v) is 21.1. The molecule has 0 bridgehead atoms. The average Bonchev–Trinajstić information content (AvgIpc) is 2.39. The zero-order valence-corrected chi connectivity index (χ0v) is 16.5. The molecule has 110 valence electrons. The Kier molecular flexibility index (Phi) is 13.4. The molecule has 0 rings (SSSR count). The first-order valence-corrected chi connectivity index (χ1v) is 16.8. The van der Waals surface area contributed by atoms with Gasteiger partial charge in [-0.2, -0.15) is 0 Å². The van der Waals surface area contributed by atoms with Crippen LogP contribution in [0.3, 0.4) is 0 Å². The normalized spacial score (nSPS) is 12.0. The summed E-state index contributed by atoms with van der Waals surface area (Å²) in [7, 11) is 0. The first kappa shape index (κ1) is 18.8. The molecule has 0 fully saturated rings. The fraction of sp³-hybridized carbons (Fsp3) is 1.00. The van der Waals surface area contributed by atoms with E-state index in [0.717, 1.165) is 0 Å². The van der Waals surface area contributed by atoms with Crippen molar-refractivity contribution in [1.82, 2.24) is 0 Å². The molecule has 0 N–H and O–H groups in total. The van der Waals surface area contributed by atoms with Crippen molar-refractivity contribution in [3.8, 4) is 0 Å². The first-order chi connectivity index (χ1) is 8.74. The van der Waals surface area contributed by atoms with E-state index in [1.54, 1.807) is 37.0 Å². The Labute approximate surface area is 121 Å². The predicted molar refractivity (Wildman–Crippen MR) is 89.2 cm³/mol. The molecule has 0 saturated carbocycles. The SMILES string of the molecule is CCCC[CH2][Sn]([CH2]C)([CH2]CCCC)[CH2]CCCC. The molecule has 0 spiro atoms. The van der Waals surface area contributed by atoms with Gasteiger partial charge in [0, 0.05) is 0 Å². The molecule has 0 aliphatic carbocycles. The monoisotopic (exact) mass is 362 g/mol. The minimum atomic E-state index is -1.69. The third-order valence-corrected chi connectivity index (χ3v) is 21.1. The maximum atomic E-state index is 2.53. The molecular formula is C17H38Sn. The van der Waals surface area contributed by atoms with Gasteiger partial charge >= 0.3 is 122 Å². The van der Waals surface area contributed by atoms with E-state index in [9.17, 15) is 0 Å². The van der Waals surface area contributed by atoms with Gasteiger partial charge in [0.2, 0.25) is 0 Å². The molecule has 18 heavy (non-hydrogen) atoms. The van der Waals surface area contributed by atoms with Crippen LogP contribution in [-0.4, -0.2) is 18.4 Å². The van der Waals surface area contributed by atoms with Crippen LogP contribution < -0.4 is 0 Å². The van der Waals surface area contributed by atoms with Crippen LogP contribution in [0.2, 0.25) is 17.7 Å². The maximum absolute atomic E-state index is 2.53. The number of unbranched alkanes of at least 4 members (excludes halogenated alkanes) is 6. The van der Waals surface area contributed by atoms with Crippen LogP contribution >= 0.6 is 0 Å². The van der Waals surface area contributed by atoms with Gasteiger partial charge in [-0.1, -0.05) is 0 Å². The summed E-state index contributed by atoms with van der Waals surface area (Å²) in [5.41, 5.74) is 0. The van der Waals surface area contributed by atoms with Crippen molar-refractivity contribution >= 4 is 18.4 Å². The first-order valence-electron chi connectivity index (χ1n) is 8.74. The Morgan fingerprint density at radius 1 is 0.500 bits per heavy atom. The fourth-order valence-corrected chi connectivity index (χ4v) is 16.9. The Morgan fingerprint density at radius 2 is 0.833 bits per heavy atom. The standard InChI is InChI=1S/3C5H11.C2H5.Sn/c3*1-3-5-4-2;1-2;/h3*1,3-5H2,2H3;1H2,2H3;.